The van der Waals surface area contributed by atoms with E-state index in [0.29, 0.717) is 11.1 Å². The van der Waals surface area contributed by atoms with Gasteiger partial charge in [-0.2, -0.15) is 0 Å². The van der Waals surface area contributed by atoms with E-state index in [1.807, 2.05) is 31.2 Å². The van der Waals surface area contributed by atoms with E-state index < -0.39 is 12.1 Å². The summed E-state index contributed by atoms with van der Waals surface area (Å²) in [7, 11) is 0. The lowest BCUT2D eigenvalue weighted by Gasteiger charge is -2.12. The number of para-hydroxylation sites is 1. The lowest BCUT2D eigenvalue weighted by atomic mass is 10.0. The first kappa shape index (κ1) is 15.0. The number of esters is 1. The van der Waals surface area contributed by atoms with E-state index >= 15 is 0 Å². The van der Waals surface area contributed by atoms with Gasteiger partial charge in [-0.1, -0.05) is 18.2 Å². The predicted molar refractivity (Wildman–Crippen MR) is 86.5 cm³/mol. The summed E-state index contributed by atoms with van der Waals surface area (Å²) in [5.74, 6) is -0.756. The summed E-state index contributed by atoms with van der Waals surface area (Å²) < 4.78 is 5.30. The summed E-state index contributed by atoms with van der Waals surface area (Å²) in [6, 6.07) is 10.7. The van der Waals surface area contributed by atoms with Crippen molar-refractivity contribution in [3.63, 3.8) is 0 Å². The predicted octanol–water partition coefficient (Wildman–Crippen LogP) is 3.30. The Balaban J connectivity index is 1.85. The molecule has 0 aliphatic heterocycles. The highest BCUT2D eigenvalue weighted by Gasteiger charge is 2.24. The summed E-state index contributed by atoms with van der Waals surface area (Å²) >= 11 is 0. The molecule has 116 valence electrons. The lowest BCUT2D eigenvalue weighted by molar-refractivity contribution is 0.0319. The first-order valence-corrected chi connectivity index (χ1v) is 7.30. The first-order chi connectivity index (χ1) is 11.1. The van der Waals surface area contributed by atoms with E-state index in [2.05, 4.69) is 9.97 Å². The summed E-state index contributed by atoms with van der Waals surface area (Å²) in [5, 5.41) is 0.835. The van der Waals surface area contributed by atoms with Gasteiger partial charge in [0.2, 0.25) is 5.78 Å². The van der Waals surface area contributed by atoms with Crippen LogP contribution in [0.25, 0.3) is 10.9 Å². The van der Waals surface area contributed by atoms with Gasteiger partial charge in [0.25, 0.3) is 0 Å². The number of nitrogens with zero attached hydrogens (tertiary/aromatic N) is 1. The molecule has 0 aliphatic carbocycles. The molecule has 0 fully saturated rings. The minimum atomic E-state index is -0.867. The van der Waals surface area contributed by atoms with E-state index in [0.717, 1.165) is 16.6 Å². The largest absolute Gasteiger partial charge is 0.451 e. The topological polar surface area (TPSA) is 72.1 Å². The maximum Gasteiger partial charge on any atom is 0.338 e. The van der Waals surface area contributed by atoms with Crippen molar-refractivity contribution in [2.75, 3.05) is 0 Å². The highest BCUT2D eigenvalue weighted by molar-refractivity contribution is 6.11. The van der Waals surface area contributed by atoms with Crippen LogP contribution in [0.4, 0.5) is 0 Å². The van der Waals surface area contributed by atoms with E-state index in [4.69, 9.17) is 4.74 Å². The highest BCUT2D eigenvalue weighted by Crippen LogP contribution is 2.24. The fraction of sp³-hybridized carbons (Fsp3) is 0.167. The van der Waals surface area contributed by atoms with Crippen LogP contribution in [0.1, 0.15) is 33.3 Å². The molecule has 23 heavy (non-hydrogen) atoms. The maximum absolute atomic E-state index is 12.7. The average Bonchev–Trinajstić information content (AvgIpc) is 2.90. The van der Waals surface area contributed by atoms with Gasteiger partial charge < -0.3 is 9.72 Å². The van der Waals surface area contributed by atoms with Crippen LogP contribution < -0.4 is 0 Å². The number of nitrogens with one attached hydrogen (secondary N) is 1. The number of Topliss-reactive ketones (excluding diaryl/α,β-unsaturated/α-hetero) is 1. The number of carbonyl (C=O) groups excluding carboxylic acids is 2. The minimum absolute atomic E-state index is 0.220. The van der Waals surface area contributed by atoms with Crippen molar-refractivity contribution in [2.45, 2.75) is 20.0 Å². The summed E-state index contributed by atoms with van der Waals surface area (Å²) in [6.45, 7) is 3.42. The number of ketones is 1. The van der Waals surface area contributed by atoms with Crippen molar-refractivity contribution in [2.24, 2.45) is 0 Å². The summed E-state index contributed by atoms with van der Waals surface area (Å²) in [6.07, 6.45) is 2.15. The molecule has 0 aliphatic rings. The van der Waals surface area contributed by atoms with Crippen LogP contribution in [-0.2, 0) is 4.74 Å². The van der Waals surface area contributed by atoms with E-state index in [1.165, 1.54) is 12.4 Å². The molecule has 3 rings (SSSR count). The lowest BCUT2D eigenvalue weighted by Crippen LogP contribution is -2.24. The van der Waals surface area contributed by atoms with E-state index in [9.17, 15) is 9.59 Å². The van der Waals surface area contributed by atoms with Crippen LogP contribution in [0.2, 0.25) is 0 Å². The van der Waals surface area contributed by atoms with Crippen LogP contribution in [0, 0.1) is 6.92 Å². The van der Waals surface area contributed by atoms with Crippen molar-refractivity contribution in [3.8, 4) is 0 Å². The third-order valence-corrected chi connectivity index (χ3v) is 3.71. The van der Waals surface area contributed by atoms with Crippen LogP contribution >= 0.6 is 0 Å². The number of H-pyrrole nitrogens is 1. The van der Waals surface area contributed by atoms with Gasteiger partial charge in [0.15, 0.2) is 6.10 Å². The van der Waals surface area contributed by atoms with Gasteiger partial charge in [-0.05, 0) is 32.0 Å². The molecule has 2 aromatic heterocycles. The third-order valence-electron chi connectivity index (χ3n) is 3.71. The number of rotatable bonds is 4. The molecule has 1 aromatic carbocycles. The molecule has 0 saturated carbocycles. The zero-order chi connectivity index (χ0) is 16.4. The van der Waals surface area contributed by atoms with Crippen molar-refractivity contribution >= 4 is 22.7 Å². The van der Waals surface area contributed by atoms with Crippen molar-refractivity contribution in [3.05, 3.63) is 65.6 Å². The van der Waals surface area contributed by atoms with Gasteiger partial charge in [-0.25, -0.2) is 4.79 Å². The zero-order valence-electron chi connectivity index (χ0n) is 12.9. The number of aryl methyl sites for hydroxylation is 1. The maximum atomic E-state index is 12.7. The van der Waals surface area contributed by atoms with E-state index in [1.54, 1.807) is 19.1 Å². The Morgan fingerprint density at radius 1 is 1.13 bits per heavy atom. The molecule has 3 aromatic rings. The number of aromatic nitrogens is 2. The number of hydrogen-bond acceptors (Lipinski definition) is 4. The second-order valence-corrected chi connectivity index (χ2v) is 5.32. The van der Waals surface area contributed by atoms with Gasteiger partial charge in [-0.15, -0.1) is 0 Å². The molecule has 0 amide bonds. The number of ether oxygens (including phenoxy) is 1. The molecule has 0 bridgehead atoms. The summed E-state index contributed by atoms with van der Waals surface area (Å²) in [5.41, 5.74) is 2.59. The second kappa shape index (κ2) is 6.04. The molecule has 5 heteroatoms. The Kier molecular flexibility index (Phi) is 3.93. The fourth-order valence-corrected chi connectivity index (χ4v) is 2.57. The molecule has 5 nitrogen and oxygen atoms in total. The van der Waals surface area contributed by atoms with E-state index in [-0.39, 0.29) is 5.78 Å². The van der Waals surface area contributed by atoms with Crippen LogP contribution in [0.3, 0.4) is 0 Å². The molecule has 0 unspecified atom stereocenters. The van der Waals surface area contributed by atoms with Gasteiger partial charge in [0.1, 0.15) is 0 Å². The van der Waals surface area contributed by atoms with Crippen LogP contribution in [0.5, 0.6) is 0 Å². The minimum Gasteiger partial charge on any atom is -0.451 e. The standard InChI is InChI=1S/C18H16N2O3/c1-11-16(14-5-3-4-6-15(14)20-11)17(21)12(2)23-18(22)13-7-9-19-10-8-13/h3-10,12,20H,1-2H3/t12-/m0/s1. The van der Waals surface area contributed by atoms with Crippen LogP contribution in [0.15, 0.2) is 48.8 Å². The molecule has 0 saturated heterocycles. The molecule has 1 atom stereocenters. The highest BCUT2D eigenvalue weighted by atomic mass is 16.5. The Morgan fingerprint density at radius 2 is 1.83 bits per heavy atom. The number of hydrogen-bond donors (Lipinski definition) is 1. The second-order valence-electron chi connectivity index (χ2n) is 5.32. The van der Waals surface area contributed by atoms with Gasteiger partial charge >= 0.3 is 5.97 Å². The number of aromatic amines is 1. The van der Waals surface area contributed by atoms with Gasteiger partial charge in [-0.3, -0.25) is 9.78 Å². The molecule has 0 spiro atoms. The fourth-order valence-electron chi connectivity index (χ4n) is 2.57. The number of benzene rings is 1. The van der Waals surface area contributed by atoms with Gasteiger partial charge in [0, 0.05) is 34.6 Å². The van der Waals surface area contributed by atoms with Crippen molar-refractivity contribution in [1.29, 1.82) is 0 Å². The molecule has 0 radical (unpaired) electrons. The Morgan fingerprint density at radius 3 is 2.57 bits per heavy atom. The Bertz CT molecular complexity index is 868. The molecule has 2 heterocycles. The zero-order valence-corrected chi connectivity index (χ0v) is 12.9. The third kappa shape index (κ3) is 2.85. The van der Waals surface area contributed by atoms with Gasteiger partial charge in [0.05, 0.1) is 5.56 Å². The monoisotopic (exact) mass is 308 g/mol. The molecular weight excluding hydrogens is 292 g/mol. The Labute approximate surface area is 133 Å². The number of fused-ring (bicyclic) bond motifs is 1. The first-order valence-electron chi connectivity index (χ1n) is 7.30. The molecular formula is C18H16N2O3. The summed E-state index contributed by atoms with van der Waals surface area (Å²) in [4.78, 5) is 31.8. The number of carbonyl (C=O) groups is 2. The van der Waals surface area contributed by atoms with Crippen LogP contribution in [-0.4, -0.2) is 27.8 Å². The van der Waals surface area contributed by atoms with Crippen molar-refractivity contribution in [1.82, 2.24) is 9.97 Å². The SMILES string of the molecule is Cc1[nH]c2ccccc2c1C(=O)[C@H](C)OC(=O)c1ccncc1. The average molecular weight is 308 g/mol. The van der Waals surface area contributed by atoms with Crippen molar-refractivity contribution < 1.29 is 14.3 Å². The molecule has 1 N–H and O–H groups in total. The normalized spacial score (nSPS) is 12.1. The Hall–Kier alpha value is -2.95. The smallest absolute Gasteiger partial charge is 0.338 e. The number of pyridine rings is 1. The quantitative estimate of drug-likeness (QED) is 0.593.